The molecular formula is C9H14FNO2. The number of hydrogen-bond donors (Lipinski definition) is 0. The summed E-state index contributed by atoms with van der Waals surface area (Å²) in [5, 5.41) is 8.59. The lowest BCUT2D eigenvalue weighted by molar-refractivity contribution is -0.159. The minimum atomic E-state index is -2.57. The second-order valence-electron chi connectivity index (χ2n) is 3.74. The van der Waals surface area contributed by atoms with Crippen LogP contribution >= 0.6 is 0 Å². The summed E-state index contributed by atoms with van der Waals surface area (Å²) in [5.74, 6) is -1.11. The van der Waals surface area contributed by atoms with E-state index >= 15 is 0 Å². The molecule has 0 heterocycles. The summed E-state index contributed by atoms with van der Waals surface area (Å²) in [6.45, 7) is 6.08. The third kappa shape index (κ3) is 2.18. The lowest BCUT2D eigenvalue weighted by Gasteiger charge is -2.28. The highest BCUT2D eigenvalue weighted by atomic mass is 19.1. The molecule has 0 saturated heterocycles. The zero-order chi connectivity index (χ0) is 10.7. The Bertz CT molecular complexity index is 239. The van der Waals surface area contributed by atoms with Gasteiger partial charge in [0.15, 0.2) is 0 Å². The van der Waals surface area contributed by atoms with Crippen molar-refractivity contribution in [1.82, 2.24) is 0 Å². The maximum absolute atomic E-state index is 13.8. The Hall–Kier alpha value is -1.11. The highest BCUT2D eigenvalue weighted by Gasteiger charge is 2.51. The van der Waals surface area contributed by atoms with Gasteiger partial charge in [0.1, 0.15) is 6.07 Å². The van der Waals surface area contributed by atoms with E-state index in [9.17, 15) is 9.18 Å². The zero-order valence-corrected chi connectivity index (χ0v) is 8.35. The van der Waals surface area contributed by atoms with Crippen LogP contribution in [-0.2, 0) is 9.53 Å². The Morgan fingerprint density at radius 2 is 2.00 bits per heavy atom. The Kier molecular flexibility index (Phi) is 3.42. The Morgan fingerprint density at radius 1 is 1.54 bits per heavy atom. The van der Waals surface area contributed by atoms with Crippen molar-refractivity contribution in [3.05, 3.63) is 0 Å². The number of ether oxygens (including phenoxy) is 1. The number of nitrogens with zero attached hydrogens (tertiary/aromatic N) is 1. The average Bonchev–Trinajstić information content (AvgIpc) is 2.01. The summed E-state index contributed by atoms with van der Waals surface area (Å²) in [6.07, 6.45) is 0. The number of alkyl halides is 1. The Labute approximate surface area is 77.5 Å². The van der Waals surface area contributed by atoms with Crippen molar-refractivity contribution in [3.8, 4) is 6.07 Å². The number of rotatable bonds is 2. The smallest absolute Gasteiger partial charge is 0.359 e. The molecule has 13 heavy (non-hydrogen) atoms. The summed E-state index contributed by atoms with van der Waals surface area (Å²) in [6, 6.07) is 1.36. The van der Waals surface area contributed by atoms with E-state index in [1.807, 2.05) is 0 Å². The first kappa shape index (κ1) is 11.9. The van der Waals surface area contributed by atoms with Gasteiger partial charge in [0.2, 0.25) is 0 Å². The van der Waals surface area contributed by atoms with Gasteiger partial charge in [-0.25, -0.2) is 9.18 Å². The number of esters is 1. The van der Waals surface area contributed by atoms with Crippen molar-refractivity contribution >= 4 is 5.97 Å². The Morgan fingerprint density at radius 3 is 2.23 bits per heavy atom. The molecule has 3 nitrogen and oxygen atoms in total. The van der Waals surface area contributed by atoms with Crippen molar-refractivity contribution in [1.29, 1.82) is 5.26 Å². The topological polar surface area (TPSA) is 50.1 Å². The molecule has 0 aromatic heterocycles. The maximum Gasteiger partial charge on any atom is 0.359 e. The second kappa shape index (κ2) is 3.73. The fraction of sp³-hybridized carbons (Fsp3) is 0.778. The predicted molar refractivity (Wildman–Crippen MR) is 45.5 cm³/mol. The molecule has 0 radical (unpaired) electrons. The minimum Gasteiger partial charge on any atom is -0.463 e. The molecule has 0 rings (SSSR count). The fourth-order valence-corrected chi connectivity index (χ4v) is 0.750. The summed E-state index contributed by atoms with van der Waals surface area (Å²) < 4.78 is 18.3. The molecule has 1 atom stereocenters. The third-order valence-corrected chi connectivity index (χ3v) is 1.74. The van der Waals surface area contributed by atoms with Crippen LogP contribution in [0.4, 0.5) is 4.39 Å². The van der Waals surface area contributed by atoms with Gasteiger partial charge in [0, 0.05) is 5.41 Å². The van der Waals surface area contributed by atoms with Gasteiger partial charge in [-0.1, -0.05) is 20.8 Å². The zero-order valence-electron chi connectivity index (χ0n) is 8.35. The number of hydrogen-bond acceptors (Lipinski definition) is 3. The van der Waals surface area contributed by atoms with E-state index in [-0.39, 0.29) is 6.61 Å². The van der Waals surface area contributed by atoms with E-state index in [4.69, 9.17) is 5.26 Å². The normalized spacial score (nSPS) is 15.7. The van der Waals surface area contributed by atoms with E-state index in [1.165, 1.54) is 26.8 Å². The standard InChI is InChI=1S/C9H14FNO2/c1-5-13-7(12)9(10,6-11)8(2,3)4/h5H2,1-4H3. The van der Waals surface area contributed by atoms with Crippen LogP contribution in [0.15, 0.2) is 0 Å². The van der Waals surface area contributed by atoms with E-state index in [0.29, 0.717) is 0 Å². The SMILES string of the molecule is CCOC(=O)C(F)(C#N)C(C)(C)C. The highest BCUT2D eigenvalue weighted by molar-refractivity contribution is 5.84. The van der Waals surface area contributed by atoms with Crippen LogP contribution in [0.25, 0.3) is 0 Å². The first-order valence-electron chi connectivity index (χ1n) is 4.07. The van der Waals surface area contributed by atoms with Crippen molar-refractivity contribution < 1.29 is 13.9 Å². The Balaban J connectivity index is 4.88. The average molecular weight is 187 g/mol. The van der Waals surface area contributed by atoms with Gasteiger partial charge < -0.3 is 4.74 Å². The molecule has 1 unspecified atom stereocenters. The monoisotopic (exact) mass is 187 g/mol. The second-order valence-corrected chi connectivity index (χ2v) is 3.74. The molecule has 0 aliphatic carbocycles. The van der Waals surface area contributed by atoms with E-state index in [1.54, 1.807) is 6.92 Å². The maximum atomic E-state index is 13.8. The third-order valence-electron chi connectivity index (χ3n) is 1.74. The molecule has 0 N–H and O–H groups in total. The van der Waals surface area contributed by atoms with Gasteiger partial charge >= 0.3 is 5.97 Å². The molecule has 0 aromatic rings. The molecule has 0 amide bonds. The van der Waals surface area contributed by atoms with Crippen molar-refractivity contribution in [2.45, 2.75) is 33.4 Å². The van der Waals surface area contributed by atoms with Gasteiger partial charge in [-0.05, 0) is 6.92 Å². The molecule has 0 fully saturated rings. The molecule has 4 heteroatoms. The van der Waals surface area contributed by atoms with Crippen LogP contribution in [0.1, 0.15) is 27.7 Å². The molecular weight excluding hydrogens is 173 g/mol. The number of carbonyl (C=O) groups is 1. The van der Waals surface area contributed by atoms with E-state index in [0.717, 1.165) is 0 Å². The molecule has 0 aromatic carbocycles. The van der Waals surface area contributed by atoms with Crippen LogP contribution in [0.3, 0.4) is 0 Å². The number of carbonyl (C=O) groups excluding carboxylic acids is 1. The fourth-order valence-electron chi connectivity index (χ4n) is 0.750. The highest BCUT2D eigenvalue weighted by Crippen LogP contribution is 2.34. The van der Waals surface area contributed by atoms with Crippen LogP contribution in [0.5, 0.6) is 0 Å². The first-order valence-corrected chi connectivity index (χ1v) is 4.07. The van der Waals surface area contributed by atoms with E-state index < -0.39 is 17.1 Å². The minimum absolute atomic E-state index is 0.0717. The van der Waals surface area contributed by atoms with Crippen molar-refractivity contribution in [2.24, 2.45) is 5.41 Å². The molecule has 0 aliphatic rings. The molecule has 0 aliphatic heterocycles. The number of nitriles is 1. The summed E-state index contributed by atoms with van der Waals surface area (Å²) in [4.78, 5) is 11.1. The van der Waals surface area contributed by atoms with E-state index in [2.05, 4.69) is 4.74 Å². The molecule has 0 spiro atoms. The van der Waals surface area contributed by atoms with Crippen LogP contribution in [-0.4, -0.2) is 18.2 Å². The molecule has 0 bridgehead atoms. The predicted octanol–water partition coefficient (Wildman–Crippen LogP) is 1.83. The van der Waals surface area contributed by atoms with Crippen LogP contribution < -0.4 is 0 Å². The molecule has 0 saturated carbocycles. The summed E-state index contributed by atoms with van der Waals surface area (Å²) >= 11 is 0. The van der Waals surface area contributed by atoms with Crippen molar-refractivity contribution in [2.75, 3.05) is 6.61 Å². The molecule has 74 valence electrons. The van der Waals surface area contributed by atoms with Gasteiger partial charge in [0.25, 0.3) is 5.67 Å². The van der Waals surface area contributed by atoms with Crippen molar-refractivity contribution in [3.63, 3.8) is 0 Å². The largest absolute Gasteiger partial charge is 0.463 e. The first-order chi connectivity index (χ1) is 5.79. The van der Waals surface area contributed by atoms with Gasteiger partial charge in [0.05, 0.1) is 6.61 Å². The summed E-state index contributed by atoms with van der Waals surface area (Å²) in [5.41, 5.74) is -3.64. The lowest BCUT2D eigenvalue weighted by atomic mass is 9.79. The van der Waals surface area contributed by atoms with Gasteiger partial charge in [-0.15, -0.1) is 0 Å². The van der Waals surface area contributed by atoms with Crippen LogP contribution in [0, 0.1) is 16.7 Å². The quantitative estimate of drug-likeness (QED) is 0.619. The van der Waals surface area contributed by atoms with Gasteiger partial charge in [-0.2, -0.15) is 5.26 Å². The lowest BCUT2D eigenvalue weighted by Crippen LogP contribution is -2.45. The van der Waals surface area contributed by atoms with Crippen LogP contribution in [0.2, 0.25) is 0 Å². The summed E-state index contributed by atoms with van der Waals surface area (Å²) in [7, 11) is 0. The number of halogens is 1. The van der Waals surface area contributed by atoms with Gasteiger partial charge in [-0.3, -0.25) is 0 Å².